The van der Waals surface area contributed by atoms with Gasteiger partial charge < -0.3 is 4.74 Å². The fourth-order valence-corrected chi connectivity index (χ4v) is 6.28. The van der Waals surface area contributed by atoms with E-state index in [0.717, 1.165) is 69.8 Å². The highest BCUT2D eigenvalue weighted by Crippen LogP contribution is 2.41. The maximum absolute atomic E-state index is 15.1. The zero-order chi connectivity index (χ0) is 26.9. The number of rotatable bonds is 11. The molecule has 2 aliphatic carbocycles. The Bertz CT molecular complexity index is 1050. The second kappa shape index (κ2) is 14.2. The Kier molecular flexibility index (Phi) is 10.8. The molecule has 4 heteroatoms. The molecule has 1 nitrogen and oxygen atoms in total. The molecule has 2 fully saturated rings. The minimum Gasteiger partial charge on any atom is -0.491 e. The molecule has 0 spiro atoms. The van der Waals surface area contributed by atoms with Gasteiger partial charge in [0.1, 0.15) is 0 Å². The second-order valence-electron chi connectivity index (χ2n) is 11.8. The molecule has 2 aromatic carbocycles. The first-order chi connectivity index (χ1) is 18.5. The van der Waals surface area contributed by atoms with Crippen LogP contribution in [-0.2, 0) is 0 Å². The molecular weight excluding hydrogens is 481 g/mol. The molecule has 0 saturated heterocycles. The summed E-state index contributed by atoms with van der Waals surface area (Å²) in [6.07, 6.45) is 17.4. The van der Waals surface area contributed by atoms with E-state index >= 15 is 8.78 Å². The first-order valence-corrected chi connectivity index (χ1v) is 15.0. The van der Waals surface area contributed by atoms with Crippen LogP contribution in [0.25, 0.3) is 6.08 Å². The highest BCUT2D eigenvalue weighted by Gasteiger charge is 2.28. The van der Waals surface area contributed by atoms with Crippen LogP contribution < -0.4 is 4.74 Å². The van der Waals surface area contributed by atoms with Crippen molar-refractivity contribution < 1.29 is 17.9 Å². The lowest BCUT2D eigenvalue weighted by molar-refractivity contribution is 0.290. The predicted octanol–water partition coefficient (Wildman–Crippen LogP) is 10.7. The third kappa shape index (κ3) is 7.67. The van der Waals surface area contributed by atoms with Crippen LogP contribution in [0.3, 0.4) is 0 Å². The van der Waals surface area contributed by atoms with Crippen LogP contribution in [0.5, 0.6) is 5.75 Å². The van der Waals surface area contributed by atoms with Crippen LogP contribution in [0.2, 0.25) is 0 Å². The van der Waals surface area contributed by atoms with Crippen LogP contribution in [-0.4, -0.2) is 6.61 Å². The Labute approximate surface area is 227 Å². The Balaban J connectivity index is 1.26. The molecule has 208 valence electrons. The number of benzene rings is 2. The molecule has 2 aromatic rings. The molecule has 38 heavy (non-hydrogen) atoms. The Morgan fingerprint density at radius 2 is 1.37 bits per heavy atom. The molecule has 0 atom stereocenters. The van der Waals surface area contributed by atoms with E-state index < -0.39 is 11.6 Å². The van der Waals surface area contributed by atoms with Crippen molar-refractivity contribution in [3.63, 3.8) is 0 Å². The van der Waals surface area contributed by atoms with Gasteiger partial charge in [0.05, 0.1) is 6.61 Å². The van der Waals surface area contributed by atoms with Gasteiger partial charge in [-0.05, 0) is 97.4 Å². The quantitative estimate of drug-likeness (QED) is 0.265. The van der Waals surface area contributed by atoms with E-state index in [0.29, 0.717) is 35.3 Å². The van der Waals surface area contributed by atoms with Crippen molar-refractivity contribution in [1.82, 2.24) is 0 Å². The van der Waals surface area contributed by atoms with E-state index in [1.54, 1.807) is 6.07 Å². The minimum atomic E-state index is -0.626. The third-order valence-electron chi connectivity index (χ3n) is 8.83. The monoisotopic (exact) mass is 526 g/mol. The molecule has 2 aliphatic rings. The average molecular weight is 527 g/mol. The molecule has 0 radical (unpaired) electrons. The van der Waals surface area contributed by atoms with E-state index in [2.05, 4.69) is 19.9 Å². The van der Waals surface area contributed by atoms with Crippen molar-refractivity contribution in [2.45, 2.75) is 109 Å². The van der Waals surface area contributed by atoms with E-state index in [4.69, 9.17) is 4.74 Å². The number of allylic oxidation sites excluding steroid dienone is 1. The number of hydrogen-bond acceptors (Lipinski definition) is 1. The fourth-order valence-electron chi connectivity index (χ4n) is 6.28. The fraction of sp³-hybridized carbons (Fsp3) is 0.588. The van der Waals surface area contributed by atoms with Crippen molar-refractivity contribution in [3.05, 3.63) is 70.5 Å². The Morgan fingerprint density at radius 3 is 1.97 bits per heavy atom. The first kappa shape index (κ1) is 28.8. The average Bonchev–Trinajstić information content (AvgIpc) is 2.93. The van der Waals surface area contributed by atoms with Gasteiger partial charge in [-0.15, -0.1) is 0 Å². The zero-order valence-corrected chi connectivity index (χ0v) is 23.3. The topological polar surface area (TPSA) is 9.23 Å². The van der Waals surface area contributed by atoms with Gasteiger partial charge in [0.2, 0.25) is 0 Å². The lowest BCUT2D eigenvalue weighted by atomic mass is 9.76. The maximum atomic E-state index is 15.1. The summed E-state index contributed by atoms with van der Waals surface area (Å²) >= 11 is 0. The van der Waals surface area contributed by atoms with Gasteiger partial charge in [0, 0.05) is 0 Å². The minimum absolute atomic E-state index is 0.0606. The van der Waals surface area contributed by atoms with Gasteiger partial charge in [-0.1, -0.05) is 82.7 Å². The van der Waals surface area contributed by atoms with Gasteiger partial charge in [-0.3, -0.25) is 0 Å². The van der Waals surface area contributed by atoms with Crippen LogP contribution >= 0.6 is 0 Å². The van der Waals surface area contributed by atoms with Crippen LogP contribution in [0, 0.1) is 29.3 Å². The van der Waals surface area contributed by atoms with Gasteiger partial charge in [-0.2, -0.15) is 0 Å². The van der Waals surface area contributed by atoms with Gasteiger partial charge >= 0.3 is 0 Å². The summed E-state index contributed by atoms with van der Waals surface area (Å²) in [5.74, 6) is 0.00950. The standard InChI is InChI=1S/C34H45F3O/c1-3-4-5-6-7-22-38-32-21-14-26(23-31(32)35)11-10-25-12-17-28(18-13-25)30-20-19-29(33(36)34(30)37)27-15-8-24(2)9-16-27/h10-11,14,19-21,23-25,27-28H,3-9,12-13,15-18,22H2,1-2H3/b11-10+. The van der Waals surface area contributed by atoms with Crippen molar-refractivity contribution in [2.24, 2.45) is 11.8 Å². The number of ether oxygens (including phenoxy) is 1. The molecule has 0 aromatic heterocycles. The maximum Gasteiger partial charge on any atom is 0.165 e. The summed E-state index contributed by atoms with van der Waals surface area (Å²) in [4.78, 5) is 0. The summed E-state index contributed by atoms with van der Waals surface area (Å²) in [5, 5.41) is 0. The van der Waals surface area contributed by atoms with Crippen molar-refractivity contribution in [2.75, 3.05) is 6.61 Å². The van der Waals surface area contributed by atoms with E-state index in [1.807, 2.05) is 24.3 Å². The normalized spacial score (nSPS) is 24.1. The SMILES string of the molecule is CCCCCCCOc1ccc(/C=C/C2CCC(c3ccc(C4CCC(C)CC4)c(F)c3F)CC2)cc1F. The predicted molar refractivity (Wildman–Crippen MR) is 151 cm³/mol. The summed E-state index contributed by atoms with van der Waals surface area (Å²) < 4.78 is 50.3. The Morgan fingerprint density at radius 1 is 0.763 bits per heavy atom. The van der Waals surface area contributed by atoms with Crippen LogP contribution in [0.15, 0.2) is 36.4 Å². The highest BCUT2D eigenvalue weighted by molar-refractivity contribution is 5.51. The lowest BCUT2D eigenvalue weighted by Gasteiger charge is -2.29. The van der Waals surface area contributed by atoms with Gasteiger partial charge in [0.25, 0.3) is 0 Å². The molecular formula is C34H45F3O. The largest absolute Gasteiger partial charge is 0.491 e. The van der Waals surface area contributed by atoms with Crippen molar-refractivity contribution >= 4 is 6.08 Å². The summed E-state index contributed by atoms with van der Waals surface area (Å²) in [6.45, 7) is 4.97. The summed E-state index contributed by atoms with van der Waals surface area (Å²) in [7, 11) is 0. The van der Waals surface area contributed by atoms with Crippen LogP contribution in [0.4, 0.5) is 13.2 Å². The zero-order valence-electron chi connectivity index (χ0n) is 23.3. The number of halogens is 3. The van der Waals surface area contributed by atoms with Gasteiger partial charge in [0.15, 0.2) is 23.2 Å². The van der Waals surface area contributed by atoms with E-state index in [-0.39, 0.29) is 17.7 Å². The van der Waals surface area contributed by atoms with Crippen molar-refractivity contribution in [1.29, 1.82) is 0 Å². The van der Waals surface area contributed by atoms with Crippen LogP contribution in [0.1, 0.15) is 126 Å². The second-order valence-corrected chi connectivity index (χ2v) is 11.8. The Hall–Kier alpha value is -2.23. The van der Waals surface area contributed by atoms with Gasteiger partial charge in [-0.25, -0.2) is 13.2 Å². The lowest BCUT2D eigenvalue weighted by Crippen LogP contribution is -2.16. The molecule has 0 heterocycles. The first-order valence-electron chi connectivity index (χ1n) is 15.0. The summed E-state index contributed by atoms with van der Waals surface area (Å²) in [6, 6.07) is 8.84. The van der Waals surface area contributed by atoms with E-state index in [1.165, 1.54) is 25.3 Å². The smallest absolute Gasteiger partial charge is 0.165 e. The van der Waals surface area contributed by atoms with Crippen molar-refractivity contribution in [3.8, 4) is 5.75 Å². The molecule has 0 bridgehead atoms. The highest BCUT2D eigenvalue weighted by atomic mass is 19.2. The summed E-state index contributed by atoms with van der Waals surface area (Å²) in [5.41, 5.74) is 1.94. The molecule has 0 aliphatic heterocycles. The molecule has 4 rings (SSSR count). The van der Waals surface area contributed by atoms with E-state index in [9.17, 15) is 4.39 Å². The number of hydrogen-bond donors (Lipinski definition) is 0. The molecule has 0 unspecified atom stereocenters. The number of unbranched alkanes of at least 4 members (excludes halogenated alkanes) is 4. The third-order valence-corrected chi connectivity index (χ3v) is 8.83. The molecule has 0 amide bonds. The molecule has 2 saturated carbocycles. The molecule has 0 N–H and O–H groups in total.